The summed E-state index contributed by atoms with van der Waals surface area (Å²) in [4.78, 5) is 0. The number of anilines is 1. The Morgan fingerprint density at radius 1 is 1.16 bits per heavy atom. The van der Waals surface area contributed by atoms with E-state index >= 15 is 0 Å². The van der Waals surface area contributed by atoms with Crippen molar-refractivity contribution >= 4 is 11.3 Å². The third-order valence-electron chi connectivity index (χ3n) is 3.12. The van der Waals surface area contributed by atoms with Crippen LogP contribution in [0.3, 0.4) is 0 Å². The number of nitrogens with two attached hydrogens (primary N) is 1. The van der Waals surface area contributed by atoms with Crippen molar-refractivity contribution in [1.82, 2.24) is 14.6 Å². The molecule has 96 valence electrons. The fourth-order valence-electron chi connectivity index (χ4n) is 2.22. The highest BCUT2D eigenvalue weighted by atomic mass is 16.5. The molecule has 2 N–H and O–H groups in total. The maximum absolute atomic E-state index is 5.89. The summed E-state index contributed by atoms with van der Waals surface area (Å²) in [6.07, 6.45) is 1.89. The largest absolute Gasteiger partial charge is 0.496 e. The van der Waals surface area contributed by atoms with Gasteiger partial charge in [-0.15, -0.1) is 10.2 Å². The third kappa shape index (κ3) is 1.71. The second-order valence-electron chi connectivity index (χ2n) is 4.34. The standard InChI is InChI=1S/C14H14N4O/c1-9-5-3-6-10(12(9)19-2)13-16-17-14-11(15)7-4-8-18(13)14/h3-8H,15H2,1-2H3. The first-order chi connectivity index (χ1) is 9.22. The van der Waals surface area contributed by atoms with E-state index in [0.717, 1.165) is 22.7 Å². The molecule has 3 rings (SSSR count). The second kappa shape index (κ2) is 4.28. The SMILES string of the molecule is COc1c(C)cccc1-c1nnc2c(N)cccn12. The summed E-state index contributed by atoms with van der Waals surface area (Å²) >= 11 is 0. The summed E-state index contributed by atoms with van der Waals surface area (Å²) in [5, 5.41) is 8.36. The Hall–Kier alpha value is -2.56. The zero-order valence-electron chi connectivity index (χ0n) is 10.8. The summed E-state index contributed by atoms with van der Waals surface area (Å²) in [7, 11) is 1.66. The van der Waals surface area contributed by atoms with Crippen LogP contribution in [0.25, 0.3) is 17.0 Å². The number of nitrogen functional groups attached to an aromatic ring is 1. The van der Waals surface area contributed by atoms with Crippen LogP contribution < -0.4 is 10.5 Å². The number of benzene rings is 1. The zero-order chi connectivity index (χ0) is 13.4. The average molecular weight is 254 g/mol. The maximum atomic E-state index is 5.89. The molecule has 2 heterocycles. The summed E-state index contributed by atoms with van der Waals surface area (Å²) < 4.78 is 7.33. The lowest BCUT2D eigenvalue weighted by atomic mass is 10.1. The minimum atomic E-state index is 0.605. The van der Waals surface area contributed by atoms with Crippen LogP contribution in [0.5, 0.6) is 5.75 Å². The highest BCUT2D eigenvalue weighted by Gasteiger charge is 2.15. The fraction of sp³-hybridized carbons (Fsp3) is 0.143. The predicted octanol–water partition coefficient (Wildman–Crippen LogP) is 2.30. The first kappa shape index (κ1) is 11.5. The molecule has 0 saturated heterocycles. The molecule has 0 aliphatic carbocycles. The molecule has 0 saturated carbocycles. The molecule has 0 unspecified atom stereocenters. The van der Waals surface area contributed by atoms with Crippen LogP contribution in [-0.2, 0) is 0 Å². The molecule has 5 heteroatoms. The Kier molecular flexibility index (Phi) is 2.59. The number of pyridine rings is 1. The van der Waals surface area contributed by atoms with Crippen molar-refractivity contribution < 1.29 is 4.74 Å². The van der Waals surface area contributed by atoms with Crippen molar-refractivity contribution in [3.05, 3.63) is 42.1 Å². The van der Waals surface area contributed by atoms with Crippen molar-refractivity contribution in [2.24, 2.45) is 0 Å². The van der Waals surface area contributed by atoms with Crippen LogP contribution >= 0.6 is 0 Å². The van der Waals surface area contributed by atoms with Crippen molar-refractivity contribution in [1.29, 1.82) is 0 Å². The topological polar surface area (TPSA) is 65.4 Å². The van der Waals surface area contributed by atoms with Gasteiger partial charge in [-0.1, -0.05) is 12.1 Å². The van der Waals surface area contributed by atoms with Gasteiger partial charge < -0.3 is 10.5 Å². The number of aryl methyl sites for hydroxylation is 1. The van der Waals surface area contributed by atoms with Crippen LogP contribution in [0, 0.1) is 6.92 Å². The predicted molar refractivity (Wildman–Crippen MR) is 74.1 cm³/mol. The van der Waals surface area contributed by atoms with Crippen molar-refractivity contribution in [3.8, 4) is 17.1 Å². The molecule has 3 aromatic rings. The van der Waals surface area contributed by atoms with Crippen LogP contribution in [0.1, 0.15) is 5.56 Å². The molecular weight excluding hydrogens is 240 g/mol. The normalized spacial score (nSPS) is 10.8. The molecule has 0 amide bonds. The monoisotopic (exact) mass is 254 g/mol. The Balaban J connectivity index is 2.31. The molecule has 5 nitrogen and oxygen atoms in total. The Morgan fingerprint density at radius 3 is 2.79 bits per heavy atom. The van der Waals surface area contributed by atoms with Gasteiger partial charge >= 0.3 is 0 Å². The van der Waals surface area contributed by atoms with Crippen LogP contribution in [0.15, 0.2) is 36.5 Å². The lowest BCUT2D eigenvalue weighted by Gasteiger charge is -2.09. The summed E-state index contributed by atoms with van der Waals surface area (Å²) in [5.41, 5.74) is 9.11. The van der Waals surface area contributed by atoms with Gasteiger partial charge in [0.25, 0.3) is 0 Å². The molecule has 2 aromatic heterocycles. The van der Waals surface area contributed by atoms with E-state index in [4.69, 9.17) is 10.5 Å². The molecule has 0 bridgehead atoms. The first-order valence-electron chi connectivity index (χ1n) is 5.95. The van der Waals surface area contributed by atoms with Gasteiger partial charge in [-0.2, -0.15) is 0 Å². The van der Waals surface area contributed by atoms with Gasteiger partial charge in [-0.25, -0.2) is 0 Å². The molecule has 0 aliphatic rings. The van der Waals surface area contributed by atoms with E-state index in [1.54, 1.807) is 13.2 Å². The van der Waals surface area contributed by atoms with E-state index < -0.39 is 0 Å². The number of hydrogen-bond acceptors (Lipinski definition) is 4. The number of methoxy groups -OCH3 is 1. The molecule has 1 aromatic carbocycles. The Labute approximate surface area is 110 Å². The van der Waals surface area contributed by atoms with E-state index in [0.29, 0.717) is 11.3 Å². The smallest absolute Gasteiger partial charge is 0.184 e. The van der Waals surface area contributed by atoms with Gasteiger partial charge in [-0.05, 0) is 30.7 Å². The number of hydrogen-bond donors (Lipinski definition) is 1. The van der Waals surface area contributed by atoms with Crippen LogP contribution in [0.4, 0.5) is 5.69 Å². The number of nitrogens with zero attached hydrogens (tertiary/aromatic N) is 3. The van der Waals surface area contributed by atoms with Crippen LogP contribution in [-0.4, -0.2) is 21.7 Å². The van der Waals surface area contributed by atoms with E-state index in [1.165, 1.54) is 0 Å². The van der Waals surface area contributed by atoms with Gasteiger partial charge in [0.15, 0.2) is 11.5 Å². The fourth-order valence-corrected chi connectivity index (χ4v) is 2.22. The quantitative estimate of drug-likeness (QED) is 0.762. The summed E-state index contributed by atoms with van der Waals surface area (Å²) in [5.74, 6) is 1.53. The number of fused-ring (bicyclic) bond motifs is 1. The Morgan fingerprint density at radius 2 is 2.00 bits per heavy atom. The van der Waals surface area contributed by atoms with Crippen molar-refractivity contribution in [2.45, 2.75) is 6.92 Å². The molecule has 19 heavy (non-hydrogen) atoms. The zero-order valence-corrected chi connectivity index (χ0v) is 10.8. The minimum Gasteiger partial charge on any atom is -0.496 e. The lowest BCUT2D eigenvalue weighted by molar-refractivity contribution is 0.413. The average Bonchev–Trinajstić information content (AvgIpc) is 2.83. The van der Waals surface area contributed by atoms with E-state index in [2.05, 4.69) is 10.2 Å². The molecule has 0 radical (unpaired) electrons. The number of ether oxygens (including phenoxy) is 1. The van der Waals surface area contributed by atoms with E-state index in [1.807, 2.05) is 41.8 Å². The molecule has 0 fully saturated rings. The highest BCUT2D eigenvalue weighted by molar-refractivity contribution is 5.72. The number of rotatable bonds is 2. The number of aromatic nitrogens is 3. The second-order valence-corrected chi connectivity index (χ2v) is 4.34. The molecule has 0 aliphatic heterocycles. The van der Waals surface area contributed by atoms with Gasteiger partial charge in [0.2, 0.25) is 0 Å². The summed E-state index contributed by atoms with van der Waals surface area (Å²) in [6, 6.07) is 9.62. The number of para-hydroxylation sites is 1. The van der Waals surface area contributed by atoms with E-state index in [-0.39, 0.29) is 0 Å². The maximum Gasteiger partial charge on any atom is 0.184 e. The van der Waals surface area contributed by atoms with E-state index in [9.17, 15) is 0 Å². The molecule has 0 atom stereocenters. The van der Waals surface area contributed by atoms with Crippen molar-refractivity contribution in [3.63, 3.8) is 0 Å². The third-order valence-corrected chi connectivity index (χ3v) is 3.12. The van der Waals surface area contributed by atoms with Crippen LogP contribution in [0.2, 0.25) is 0 Å². The Bertz CT molecular complexity index is 748. The van der Waals surface area contributed by atoms with Gasteiger partial charge in [-0.3, -0.25) is 4.40 Å². The first-order valence-corrected chi connectivity index (χ1v) is 5.95. The summed E-state index contributed by atoms with van der Waals surface area (Å²) in [6.45, 7) is 2.00. The van der Waals surface area contributed by atoms with Crippen molar-refractivity contribution in [2.75, 3.05) is 12.8 Å². The van der Waals surface area contributed by atoms with Gasteiger partial charge in [0.05, 0.1) is 18.4 Å². The lowest BCUT2D eigenvalue weighted by Crippen LogP contribution is -1.96. The highest BCUT2D eigenvalue weighted by Crippen LogP contribution is 2.32. The molecule has 0 spiro atoms. The van der Waals surface area contributed by atoms with Gasteiger partial charge in [0.1, 0.15) is 5.75 Å². The molecular formula is C14H14N4O. The van der Waals surface area contributed by atoms with Gasteiger partial charge in [0, 0.05) is 6.20 Å². The minimum absolute atomic E-state index is 0.605.